The van der Waals surface area contributed by atoms with Crippen LogP contribution in [0.25, 0.3) is 11.0 Å². The summed E-state index contributed by atoms with van der Waals surface area (Å²) in [6.07, 6.45) is 0. The molecular formula is C16H14BrN3O4. The highest BCUT2D eigenvalue weighted by Gasteiger charge is 2.11. The molecule has 0 bridgehead atoms. The van der Waals surface area contributed by atoms with Crippen molar-refractivity contribution in [2.75, 3.05) is 20.3 Å². The molecule has 0 saturated heterocycles. The highest BCUT2D eigenvalue weighted by atomic mass is 79.9. The summed E-state index contributed by atoms with van der Waals surface area (Å²) >= 11 is 3.38. The molecule has 1 heterocycles. The highest BCUT2D eigenvalue weighted by molar-refractivity contribution is 9.10. The van der Waals surface area contributed by atoms with Crippen molar-refractivity contribution in [1.29, 1.82) is 0 Å². The summed E-state index contributed by atoms with van der Waals surface area (Å²) in [6.45, 7) is 0.613. The maximum Gasteiger partial charge on any atom is 0.337 e. The summed E-state index contributed by atoms with van der Waals surface area (Å²) in [5.74, 6) is 0.312. The van der Waals surface area contributed by atoms with Crippen LogP contribution in [0.15, 0.2) is 46.9 Å². The van der Waals surface area contributed by atoms with Gasteiger partial charge in [0.2, 0.25) is 0 Å². The SMILES string of the molecule is COC(=O)c1ccc2nnn(OCCOc3cccc(Br)c3)c2c1. The molecule has 3 rings (SSSR count). The first kappa shape index (κ1) is 16.3. The standard InChI is InChI=1S/C16H14BrN3O4/c1-22-16(21)11-5-6-14-15(9-11)20(19-18-14)24-8-7-23-13-4-2-3-12(17)10-13/h2-6,9-10H,7-8H2,1H3. The number of carbonyl (C=O) groups is 1. The summed E-state index contributed by atoms with van der Waals surface area (Å²) < 4.78 is 11.2. The summed E-state index contributed by atoms with van der Waals surface area (Å²) in [4.78, 5) is 18.4. The number of fused-ring (bicyclic) bond motifs is 1. The van der Waals surface area contributed by atoms with Crippen molar-refractivity contribution in [3.8, 4) is 5.75 Å². The van der Waals surface area contributed by atoms with Gasteiger partial charge in [0, 0.05) is 4.47 Å². The van der Waals surface area contributed by atoms with Crippen molar-refractivity contribution < 1.29 is 19.1 Å². The van der Waals surface area contributed by atoms with Crippen LogP contribution in [0, 0.1) is 0 Å². The van der Waals surface area contributed by atoms with Gasteiger partial charge in [-0.3, -0.25) is 0 Å². The summed E-state index contributed by atoms with van der Waals surface area (Å²) in [6, 6.07) is 12.5. The van der Waals surface area contributed by atoms with E-state index in [0.29, 0.717) is 23.2 Å². The zero-order valence-corrected chi connectivity index (χ0v) is 14.4. The number of carbonyl (C=O) groups excluding carboxylic acids is 1. The number of benzene rings is 2. The summed E-state index contributed by atoms with van der Waals surface area (Å²) in [5, 5.41) is 7.89. The molecule has 1 aromatic heterocycles. The Morgan fingerprint density at radius 2 is 2.08 bits per heavy atom. The molecule has 0 unspecified atom stereocenters. The van der Waals surface area contributed by atoms with Crippen LogP contribution < -0.4 is 9.57 Å². The fourth-order valence-electron chi connectivity index (χ4n) is 2.08. The highest BCUT2D eigenvalue weighted by Crippen LogP contribution is 2.17. The Kier molecular flexibility index (Phi) is 4.95. The van der Waals surface area contributed by atoms with Crippen molar-refractivity contribution in [2.45, 2.75) is 0 Å². The molecule has 0 radical (unpaired) electrons. The van der Waals surface area contributed by atoms with E-state index >= 15 is 0 Å². The van der Waals surface area contributed by atoms with E-state index in [1.54, 1.807) is 18.2 Å². The molecule has 0 fully saturated rings. The molecule has 0 amide bonds. The Hall–Kier alpha value is -2.61. The molecule has 0 aliphatic rings. The van der Waals surface area contributed by atoms with Crippen LogP contribution in [-0.4, -0.2) is 41.5 Å². The maximum absolute atomic E-state index is 11.6. The second-order valence-electron chi connectivity index (χ2n) is 4.80. The average Bonchev–Trinajstić information content (AvgIpc) is 3.00. The topological polar surface area (TPSA) is 75.5 Å². The van der Waals surface area contributed by atoms with Crippen molar-refractivity contribution in [3.05, 3.63) is 52.5 Å². The number of aromatic nitrogens is 3. The van der Waals surface area contributed by atoms with Crippen LogP contribution in [0.3, 0.4) is 0 Å². The summed E-state index contributed by atoms with van der Waals surface area (Å²) in [7, 11) is 1.33. The van der Waals surface area contributed by atoms with E-state index in [1.807, 2.05) is 24.3 Å². The van der Waals surface area contributed by atoms with Gasteiger partial charge in [0.05, 0.1) is 12.7 Å². The van der Waals surface area contributed by atoms with Gasteiger partial charge in [-0.2, -0.15) is 0 Å². The van der Waals surface area contributed by atoms with Crippen LogP contribution in [-0.2, 0) is 4.74 Å². The molecule has 0 spiro atoms. The van der Waals surface area contributed by atoms with E-state index < -0.39 is 5.97 Å². The lowest BCUT2D eigenvalue weighted by molar-refractivity contribution is 0.0598. The monoisotopic (exact) mass is 391 g/mol. The zero-order chi connectivity index (χ0) is 16.9. The zero-order valence-electron chi connectivity index (χ0n) is 12.8. The van der Waals surface area contributed by atoms with Crippen LogP contribution in [0.1, 0.15) is 10.4 Å². The van der Waals surface area contributed by atoms with E-state index in [9.17, 15) is 4.79 Å². The molecular weight excluding hydrogens is 378 g/mol. The van der Waals surface area contributed by atoms with Gasteiger partial charge in [0.25, 0.3) is 0 Å². The van der Waals surface area contributed by atoms with Crippen LogP contribution >= 0.6 is 15.9 Å². The van der Waals surface area contributed by atoms with Gasteiger partial charge in [0.1, 0.15) is 23.4 Å². The normalized spacial score (nSPS) is 10.6. The van der Waals surface area contributed by atoms with Crippen molar-refractivity contribution in [2.24, 2.45) is 0 Å². The lowest BCUT2D eigenvalue weighted by Crippen LogP contribution is -2.19. The second-order valence-corrected chi connectivity index (χ2v) is 5.71. The lowest BCUT2D eigenvalue weighted by atomic mass is 10.2. The Labute approximate surface area is 146 Å². The first-order chi connectivity index (χ1) is 11.7. The first-order valence-electron chi connectivity index (χ1n) is 7.13. The number of ether oxygens (including phenoxy) is 2. The molecule has 0 saturated carbocycles. The van der Waals surface area contributed by atoms with E-state index in [0.717, 1.165) is 10.2 Å². The van der Waals surface area contributed by atoms with E-state index in [2.05, 4.69) is 26.2 Å². The minimum absolute atomic E-state index is 0.271. The number of hydrogen-bond donors (Lipinski definition) is 0. The number of nitrogens with zero attached hydrogens (tertiary/aromatic N) is 3. The third kappa shape index (κ3) is 3.65. The number of methoxy groups -OCH3 is 1. The predicted molar refractivity (Wildman–Crippen MR) is 90.0 cm³/mol. The van der Waals surface area contributed by atoms with Crippen LogP contribution in [0.4, 0.5) is 0 Å². The van der Waals surface area contributed by atoms with Gasteiger partial charge in [0.15, 0.2) is 6.61 Å². The van der Waals surface area contributed by atoms with Gasteiger partial charge in [-0.25, -0.2) is 4.79 Å². The fraction of sp³-hybridized carbons (Fsp3) is 0.188. The van der Waals surface area contributed by atoms with E-state index in [4.69, 9.17) is 14.3 Å². The van der Waals surface area contributed by atoms with Gasteiger partial charge >= 0.3 is 5.97 Å². The molecule has 124 valence electrons. The van der Waals surface area contributed by atoms with Crippen molar-refractivity contribution in [1.82, 2.24) is 15.2 Å². The minimum Gasteiger partial charge on any atom is -0.490 e. The molecule has 7 nitrogen and oxygen atoms in total. The predicted octanol–water partition coefficient (Wildman–Crippen LogP) is 2.49. The Morgan fingerprint density at radius 1 is 1.21 bits per heavy atom. The Balaban J connectivity index is 1.63. The molecule has 0 aliphatic carbocycles. The molecule has 0 aliphatic heterocycles. The number of esters is 1. The second kappa shape index (κ2) is 7.31. The van der Waals surface area contributed by atoms with Crippen molar-refractivity contribution >= 4 is 32.9 Å². The molecule has 24 heavy (non-hydrogen) atoms. The molecule has 3 aromatic rings. The van der Waals surface area contributed by atoms with Crippen molar-refractivity contribution in [3.63, 3.8) is 0 Å². The molecule has 0 N–H and O–H groups in total. The Bertz CT molecular complexity index is 865. The molecule has 2 aromatic carbocycles. The quantitative estimate of drug-likeness (QED) is 0.474. The third-order valence-corrected chi connectivity index (χ3v) is 3.69. The van der Waals surface area contributed by atoms with Crippen LogP contribution in [0.2, 0.25) is 0 Å². The largest absolute Gasteiger partial charge is 0.490 e. The number of rotatable bonds is 6. The number of halogens is 1. The van der Waals surface area contributed by atoms with Gasteiger partial charge in [-0.1, -0.05) is 26.8 Å². The fourth-order valence-corrected chi connectivity index (χ4v) is 2.46. The van der Waals surface area contributed by atoms with Gasteiger partial charge < -0.3 is 14.3 Å². The molecule has 0 atom stereocenters. The summed E-state index contributed by atoms with van der Waals surface area (Å²) in [5.41, 5.74) is 1.61. The smallest absolute Gasteiger partial charge is 0.337 e. The van der Waals surface area contributed by atoms with E-state index in [-0.39, 0.29) is 6.61 Å². The molecule has 8 heteroatoms. The lowest BCUT2D eigenvalue weighted by Gasteiger charge is -2.08. The first-order valence-corrected chi connectivity index (χ1v) is 7.92. The third-order valence-electron chi connectivity index (χ3n) is 3.20. The van der Waals surface area contributed by atoms with E-state index in [1.165, 1.54) is 12.0 Å². The number of hydrogen-bond acceptors (Lipinski definition) is 6. The maximum atomic E-state index is 11.6. The average molecular weight is 392 g/mol. The minimum atomic E-state index is -0.428. The Morgan fingerprint density at radius 3 is 2.88 bits per heavy atom. The van der Waals surface area contributed by atoms with Gasteiger partial charge in [-0.15, -0.1) is 5.10 Å². The van der Waals surface area contributed by atoms with Gasteiger partial charge in [-0.05, 0) is 41.6 Å². The van der Waals surface area contributed by atoms with Crippen LogP contribution in [0.5, 0.6) is 5.75 Å².